The van der Waals surface area contributed by atoms with Crippen LogP contribution in [0.1, 0.15) is 32.1 Å². The molecule has 3 heteroatoms. The summed E-state index contributed by atoms with van der Waals surface area (Å²) in [6.07, 6.45) is 3.84. The average molecular weight is 158 g/mol. The van der Waals surface area contributed by atoms with Crippen LogP contribution in [0.15, 0.2) is 0 Å². The molecule has 1 atom stereocenters. The molecule has 11 heavy (non-hydrogen) atoms. The minimum absolute atomic E-state index is 0.417. The maximum absolute atomic E-state index is 10.2. The van der Waals surface area contributed by atoms with Gasteiger partial charge in [-0.2, -0.15) is 0 Å². The van der Waals surface area contributed by atoms with Crippen molar-refractivity contribution in [2.75, 3.05) is 0 Å². The molecule has 0 spiro atoms. The van der Waals surface area contributed by atoms with Crippen molar-refractivity contribution in [1.82, 2.24) is 0 Å². The van der Waals surface area contributed by atoms with Crippen molar-refractivity contribution in [3.8, 4) is 0 Å². The third-order valence-electron chi connectivity index (χ3n) is 2.36. The Labute approximate surface area is 66.0 Å². The Balaban J connectivity index is 2.05. The topological polar surface area (TPSA) is 57.5 Å². The van der Waals surface area contributed by atoms with E-state index in [1.54, 1.807) is 0 Å². The summed E-state index contributed by atoms with van der Waals surface area (Å²) in [4.78, 5) is 10.2. The SMILES string of the molecule is O=C(O)[C@H](O)CCC1CCC1. The minimum atomic E-state index is -1.14. The Kier molecular flexibility index (Phi) is 2.88. The number of carboxylic acid groups (broad SMARTS) is 1. The van der Waals surface area contributed by atoms with E-state index in [0.29, 0.717) is 12.3 Å². The summed E-state index contributed by atoms with van der Waals surface area (Å²) in [5, 5.41) is 17.2. The Morgan fingerprint density at radius 2 is 2.18 bits per heavy atom. The molecule has 1 rings (SSSR count). The van der Waals surface area contributed by atoms with Gasteiger partial charge in [-0.05, 0) is 18.8 Å². The summed E-state index contributed by atoms with van der Waals surface area (Å²) in [6.45, 7) is 0. The third kappa shape index (κ3) is 2.50. The summed E-state index contributed by atoms with van der Waals surface area (Å²) >= 11 is 0. The number of carbonyl (C=O) groups is 1. The van der Waals surface area contributed by atoms with E-state index < -0.39 is 12.1 Å². The van der Waals surface area contributed by atoms with Gasteiger partial charge in [0.1, 0.15) is 0 Å². The van der Waals surface area contributed by atoms with Crippen LogP contribution in [0.25, 0.3) is 0 Å². The Morgan fingerprint density at radius 3 is 2.55 bits per heavy atom. The van der Waals surface area contributed by atoms with Crippen LogP contribution in [-0.2, 0) is 4.79 Å². The Morgan fingerprint density at radius 1 is 1.55 bits per heavy atom. The quantitative estimate of drug-likeness (QED) is 0.642. The van der Waals surface area contributed by atoms with Gasteiger partial charge in [-0.3, -0.25) is 0 Å². The number of hydrogen-bond acceptors (Lipinski definition) is 2. The molecule has 0 bridgehead atoms. The fraction of sp³-hybridized carbons (Fsp3) is 0.875. The predicted molar refractivity (Wildman–Crippen MR) is 40.2 cm³/mol. The van der Waals surface area contributed by atoms with Gasteiger partial charge in [-0.1, -0.05) is 19.3 Å². The van der Waals surface area contributed by atoms with E-state index in [9.17, 15) is 4.79 Å². The summed E-state index contributed by atoms with van der Waals surface area (Å²) in [6, 6.07) is 0. The summed E-state index contributed by atoms with van der Waals surface area (Å²) in [7, 11) is 0. The van der Waals surface area contributed by atoms with Gasteiger partial charge in [-0.15, -0.1) is 0 Å². The first-order valence-corrected chi connectivity index (χ1v) is 4.11. The molecule has 0 heterocycles. The highest BCUT2D eigenvalue weighted by molar-refractivity contribution is 5.71. The van der Waals surface area contributed by atoms with Gasteiger partial charge < -0.3 is 10.2 Å². The average Bonchev–Trinajstić information content (AvgIpc) is 1.83. The molecule has 0 unspecified atom stereocenters. The molecule has 0 aromatic carbocycles. The lowest BCUT2D eigenvalue weighted by Gasteiger charge is -2.25. The lowest BCUT2D eigenvalue weighted by molar-refractivity contribution is -0.147. The van der Waals surface area contributed by atoms with Crippen LogP contribution < -0.4 is 0 Å². The molecule has 0 aromatic heterocycles. The number of rotatable bonds is 4. The molecule has 0 amide bonds. The van der Waals surface area contributed by atoms with Crippen LogP contribution in [0.3, 0.4) is 0 Å². The van der Waals surface area contributed by atoms with E-state index in [1.165, 1.54) is 19.3 Å². The number of aliphatic hydroxyl groups excluding tert-OH is 1. The molecular formula is C8H14O3. The second-order valence-corrected chi connectivity index (χ2v) is 3.23. The van der Waals surface area contributed by atoms with E-state index in [1.807, 2.05) is 0 Å². The second-order valence-electron chi connectivity index (χ2n) is 3.23. The highest BCUT2D eigenvalue weighted by Gasteiger charge is 2.20. The van der Waals surface area contributed by atoms with E-state index in [2.05, 4.69) is 0 Å². The first-order valence-electron chi connectivity index (χ1n) is 4.11. The molecular weight excluding hydrogens is 144 g/mol. The van der Waals surface area contributed by atoms with Crippen LogP contribution in [0.5, 0.6) is 0 Å². The zero-order chi connectivity index (χ0) is 8.27. The van der Waals surface area contributed by atoms with Crippen molar-refractivity contribution in [2.24, 2.45) is 5.92 Å². The second kappa shape index (κ2) is 3.72. The van der Waals surface area contributed by atoms with Crippen molar-refractivity contribution in [3.05, 3.63) is 0 Å². The van der Waals surface area contributed by atoms with Gasteiger partial charge in [0.15, 0.2) is 6.10 Å². The minimum Gasteiger partial charge on any atom is -0.479 e. The van der Waals surface area contributed by atoms with Crippen LogP contribution in [0.2, 0.25) is 0 Å². The van der Waals surface area contributed by atoms with E-state index in [4.69, 9.17) is 10.2 Å². The standard InChI is InChI=1S/C8H14O3/c9-7(8(10)11)5-4-6-2-1-3-6/h6-7,9H,1-5H2,(H,10,11)/t7-/m1/s1. The third-order valence-corrected chi connectivity index (χ3v) is 2.36. The molecule has 2 N–H and O–H groups in total. The molecule has 1 fully saturated rings. The highest BCUT2D eigenvalue weighted by atomic mass is 16.4. The van der Waals surface area contributed by atoms with E-state index in [-0.39, 0.29) is 0 Å². The smallest absolute Gasteiger partial charge is 0.332 e. The number of aliphatic hydroxyl groups is 1. The zero-order valence-electron chi connectivity index (χ0n) is 6.49. The number of hydrogen-bond donors (Lipinski definition) is 2. The van der Waals surface area contributed by atoms with Gasteiger partial charge >= 0.3 is 5.97 Å². The van der Waals surface area contributed by atoms with Gasteiger partial charge in [0.2, 0.25) is 0 Å². The van der Waals surface area contributed by atoms with Crippen molar-refractivity contribution < 1.29 is 15.0 Å². The van der Waals surface area contributed by atoms with Crippen LogP contribution in [-0.4, -0.2) is 22.3 Å². The zero-order valence-corrected chi connectivity index (χ0v) is 6.49. The maximum Gasteiger partial charge on any atom is 0.332 e. The van der Waals surface area contributed by atoms with Gasteiger partial charge in [0.05, 0.1) is 0 Å². The van der Waals surface area contributed by atoms with Crippen LogP contribution >= 0.6 is 0 Å². The molecule has 0 aromatic rings. The van der Waals surface area contributed by atoms with E-state index >= 15 is 0 Å². The molecule has 64 valence electrons. The van der Waals surface area contributed by atoms with E-state index in [0.717, 1.165) is 6.42 Å². The largest absolute Gasteiger partial charge is 0.479 e. The molecule has 3 nitrogen and oxygen atoms in total. The molecule has 1 saturated carbocycles. The van der Waals surface area contributed by atoms with Gasteiger partial charge in [-0.25, -0.2) is 4.79 Å². The summed E-state index contributed by atoms with van der Waals surface area (Å²) < 4.78 is 0. The Hall–Kier alpha value is -0.570. The first kappa shape index (κ1) is 8.53. The Bertz CT molecular complexity index is 140. The van der Waals surface area contributed by atoms with Gasteiger partial charge in [0, 0.05) is 0 Å². The van der Waals surface area contributed by atoms with Crippen molar-refractivity contribution in [1.29, 1.82) is 0 Å². The summed E-state index contributed by atoms with van der Waals surface area (Å²) in [5.74, 6) is -0.409. The van der Waals surface area contributed by atoms with Crippen LogP contribution in [0, 0.1) is 5.92 Å². The molecule has 1 aliphatic carbocycles. The maximum atomic E-state index is 10.2. The molecule has 1 aliphatic rings. The summed E-state index contributed by atoms with van der Waals surface area (Å²) in [5.41, 5.74) is 0. The molecule has 0 radical (unpaired) electrons. The van der Waals surface area contributed by atoms with Crippen molar-refractivity contribution >= 4 is 5.97 Å². The monoisotopic (exact) mass is 158 g/mol. The predicted octanol–water partition coefficient (Wildman–Crippen LogP) is 1.01. The lowest BCUT2D eigenvalue weighted by atomic mass is 9.81. The fourth-order valence-electron chi connectivity index (χ4n) is 1.30. The van der Waals surface area contributed by atoms with Crippen LogP contribution in [0.4, 0.5) is 0 Å². The van der Waals surface area contributed by atoms with Crippen molar-refractivity contribution in [2.45, 2.75) is 38.2 Å². The molecule has 0 saturated heterocycles. The van der Waals surface area contributed by atoms with Gasteiger partial charge in [0.25, 0.3) is 0 Å². The lowest BCUT2D eigenvalue weighted by Crippen LogP contribution is -2.22. The first-order chi connectivity index (χ1) is 5.20. The van der Waals surface area contributed by atoms with Crippen molar-refractivity contribution in [3.63, 3.8) is 0 Å². The normalized spacial score (nSPS) is 20.8. The fourth-order valence-corrected chi connectivity index (χ4v) is 1.30. The molecule has 0 aliphatic heterocycles. The highest BCUT2D eigenvalue weighted by Crippen LogP contribution is 2.30. The number of aliphatic carboxylic acids is 1. The number of carboxylic acids is 1.